The fourth-order valence-corrected chi connectivity index (χ4v) is 2.61. The molecule has 0 radical (unpaired) electrons. The molecule has 1 aliphatic rings. The number of hydrogen-bond acceptors (Lipinski definition) is 3. The highest BCUT2D eigenvalue weighted by molar-refractivity contribution is 5.88. The summed E-state index contributed by atoms with van der Waals surface area (Å²) in [6, 6.07) is 6.57. The normalized spacial score (nSPS) is 25.7. The molecule has 0 spiro atoms. The summed E-state index contributed by atoms with van der Waals surface area (Å²) in [5.74, 6) is 0.0703. The summed E-state index contributed by atoms with van der Waals surface area (Å²) < 4.78 is 29.7. The van der Waals surface area contributed by atoms with E-state index in [2.05, 4.69) is 10.1 Å². The molecular formula is C15H20F2N2O2. The van der Waals surface area contributed by atoms with Gasteiger partial charge in [0.05, 0.1) is 5.54 Å². The molecule has 6 heteroatoms. The van der Waals surface area contributed by atoms with Crippen molar-refractivity contribution < 1.29 is 18.3 Å². The van der Waals surface area contributed by atoms with Crippen molar-refractivity contribution in [1.29, 1.82) is 0 Å². The molecule has 0 aromatic heterocycles. The average Bonchev–Trinajstić information content (AvgIpc) is 2.71. The van der Waals surface area contributed by atoms with Gasteiger partial charge >= 0.3 is 6.61 Å². The number of carbonyl (C=O) groups is 1. The van der Waals surface area contributed by atoms with E-state index in [-0.39, 0.29) is 11.7 Å². The summed E-state index contributed by atoms with van der Waals surface area (Å²) in [5, 5.41) is 3.25. The van der Waals surface area contributed by atoms with Crippen LogP contribution in [0.5, 0.6) is 5.75 Å². The first kappa shape index (κ1) is 15.7. The second-order valence-corrected chi connectivity index (χ2v) is 5.24. The van der Waals surface area contributed by atoms with Gasteiger partial charge in [0.15, 0.2) is 0 Å². The molecule has 1 aliphatic heterocycles. The van der Waals surface area contributed by atoms with E-state index in [1.54, 1.807) is 23.1 Å². The van der Waals surface area contributed by atoms with E-state index in [9.17, 15) is 13.6 Å². The zero-order chi connectivity index (χ0) is 15.6. The van der Waals surface area contributed by atoms with Gasteiger partial charge in [0, 0.05) is 12.1 Å². The molecule has 1 N–H and O–H groups in total. The van der Waals surface area contributed by atoms with Gasteiger partial charge in [0.25, 0.3) is 0 Å². The first-order valence-corrected chi connectivity index (χ1v) is 7.05. The van der Waals surface area contributed by atoms with Gasteiger partial charge in [-0.1, -0.05) is 25.1 Å². The Kier molecular flexibility index (Phi) is 4.46. The highest BCUT2D eigenvalue weighted by atomic mass is 19.3. The Morgan fingerprint density at radius 3 is 2.62 bits per heavy atom. The van der Waals surface area contributed by atoms with E-state index < -0.39 is 18.3 Å². The maximum Gasteiger partial charge on any atom is 0.387 e. The molecule has 1 aromatic rings. The quantitative estimate of drug-likeness (QED) is 0.909. The molecule has 2 atom stereocenters. The summed E-state index contributed by atoms with van der Waals surface area (Å²) in [6.45, 7) is 3.22. The van der Waals surface area contributed by atoms with Crippen LogP contribution in [-0.2, 0) is 4.79 Å². The monoisotopic (exact) mass is 298 g/mol. The lowest BCUT2D eigenvalue weighted by Gasteiger charge is -2.24. The number of nitrogens with one attached hydrogen (secondary N) is 1. The third-order valence-corrected chi connectivity index (χ3v) is 3.98. The number of rotatable bonds is 5. The van der Waals surface area contributed by atoms with Crippen LogP contribution in [0, 0.1) is 0 Å². The van der Waals surface area contributed by atoms with E-state index in [0.29, 0.717) is 18.5 Å². The van der Waals surface area contributed by atoms with Crippen LogP contribution in [0.2, 0.25) is 0 Å². The van der Waals surface area contributed by atoms with Gasteiger partial charge in [0.2, 0.25) is 5.91 Å². The first-order valence-electron chi connectivity index (χ1n) is 7.05. The smallest absolute Gasteiger partial charge is 0.387 e. The summed E-state index contributed by atoms with van der Waals surface area (Å²) >= 11 is 0. The fourth-order valence-electron chi connectivity index (χ4n) is 2.61. The lowest BCUT2D eigenvalue weighted by molar-refractivity contribution is -0.132. The van der Waals surface area contributed by atoms with Crippen molar-refractivity contribution in [2.75, 3.05) is 6.54 Å². The Hall–Kier alpha value is -1.69. The molecule has 4 nitrogen and oxygen atoms in total. The fraction of sp³-hybridized carbons (Fsp3) is 0.533. The Bertz CT molecular complexity index is 524. The van der Waals surface area contributed by atoms with Crippen LogP contribution < -0.4 is 10.1 Å². The lowest BCUT2D eigenvalue weighted by atomic mass is 9.99. The van der Waals surface area contributed by atoms with E-state index >= 15 is 0 Å². The number of alkyl halides is 2. The predicted octanol–water partition coefficient (Wildman–Crippen LogP) is 2.91. The summed E-state index contributed by atoms with van der Waals surface area (Å²) in [6.07, 6.45) is 0.166. The molecule has 1 saturated heterocycles. The molecule has 1 amide bonds. The van der Waals surface area contributed by atoms with Crippen molar-refractivity contribution >= 4 is 5.91 Å². The van der Waals surface area contributed by atoms with Crippen molar-refractivity contribution in [3.8, 4) is 5.75 Å². The molecule has 21 heavy (non-hydrogen) atoms. The van der Waals surface area contributed by atoms with Crippen molar-refractivity contribution in [1.82, 2.24) is 10.2 Å². The second-order valence-electron chi connectivity index (χ2n) is 5.24. The highest BCUT2D eigenvalue weighted by Crippen LogP contribution is 2.36. The summed E-state index contributed by atoms with van der Waals surface area (Å²) in [7, 11) is 0. The third kappa shape index (κ3) is 2.85. The number of ether oxygens (including phenoxy) is 1. The number of halogens is 2. The van der Waals surface area contributed by atoms with Gasteiger partial charge in [-0.05, 0) is 26.3 Å². The molecule has 1 heterocycles. The summed E-state index contributed by atoms with van der Waals surface area (Å²) in [4.78, 5) is 14.1. The first-order chi connectivity index (χ1) is 9.92. The van der Waals surface area contributed by atoms with Gasteiger partial charge in [-0.3, -0.25) is 10.1 Å². The standard InChI is InChI=1S/C15H20F2N2O2/c1-4-15(3)13(20)19(5-2)12(18-15)10-8-6-7-9-11(10)21-14(16)17/h6-9,12,14,18H,4-5H2,1-3H3. The van der Waals surface area contributed by atoms with Crippen LogP contribution in [0.3, 0.4) is 0 Å². The van der Waals surface area contributed by atoms with Crippen molar-refractivity contribution in [2.24, 2.45) is 0 Å². The summed E-state index contributed by atoms with van der Waals surface area (Å²) in [5.41, 5.74) is -0.135. The second kappa shape index (κ2) is 5.97. The topological polar surface area (TPSA) is 41.6 Å². The largest absolute Gasteiger partial charge is 0.434 e. The molecular weight excluding hydrogens is 278 g/mol. The van der Waals surface area contributed by atoms with Gasteiger partial charge in [-0.2, -0.15) is 8.78 Å². The lowest BCUT2D eigenvalue weighted by Crippen LogP contribution is -2.43. The minimum absolute atomic E-state index is 0.0237. The Morgan fingerprint density at radius 2 is 2.05 bits per heavy atom. The molecule has 1 aromatic carbocycles. The van der Waals surface area contributed by atoms with Crippen LogP contribution in [0.4, 0.5) is 8.78 Å². The van der Waals surface area contributed by atoms with E-state index in [1.807, 2.05) is 20.8 Å². The zero-order valence-electron chi connectivity index (χ0n) is 12.4. The highest BCUT2D eigenvalue weighted by Gasteiger charge is 2.47. The SMILES string of the molecule is CCN1C(=O)C(C)(CC)NC1c1ccccc1OC(F)F. The Morgan fingerprint density at radius 1 is 1.38 bits per heavy atom. The van der Waals surface area contributed by atoms with Crippen molar-refractivity contribution in [3.05, 3.63) is 29.8 Å². The number of likely N-dealkylation sites (N-methyl/N-ethyl adjacent to an activating group) is 1. The maximum absolute atomic E-state index is 12.5. The van der Waals surface area contributed by atoms with E-state index in [1.165, 1.54) is 6.07 Å². The Balaban J connectivity index is 2.39. The van der Waals surface area contributed by atoms with Gasteiger partial charge < -0.3 is 9.64 Å². The third-order valence-electron chi connectivity index (χ3n) is 3.98. The molecule has 1 fully saturated rings. The van der Waals surface area contributed by atoms with Crippen LogP contribution >= 0.6 is 0 Å². The number of amides is 1. The minimum Gasteiger partial charge on any atom is -0.434 e. The Labute approximate surface area is 123 Å². The van der Waals surface area contributed by atoms with Crippen LogP contribution in [-0.4, -0.2) is 29.5 Å². The maximum atomic E-state index is 12.5. The molecule has 0 bridgehead atoms. The predicted molar refractivity (Wildman–Crippen MR) is 75.0 cm³/mol. The number of benzene rings is 1. The number of nitrogens with zero attached hydrogens (tertiary/aromatic N) is 1. The minimum atomic E-state index is -2.89. The van der Waals surface area contributed by atoms with Crippen LogP contribution in [0.25, 0.3) is 0 Å². The number of para-hydroxylation sites is 1. The number of carbonyl (C=O) groups excluding carboxylic acids is 1. The molecule has 0 saturated carbocycles. The van der Waals surface area contributed by atoms with E-state index in [4.69, 9.17) is 0 Å². The van der Waals surface area contributed by atoms with Crippen molar-refractivity contribution in [3.63, 3.8) is 0 Å². The van der Waals surface area contributed by atoms with E-state index in [0.717, 1.165) is 0 Å². The number of hydrogen-bond donors (Lipinski definition) is 1. The van der Waals surface area contributed by atoms with Crippen LogP contribution in [0.15, 0.2) is 24.3 Å². The van der Waals surface area contributed by atoms with Gasteiger partial charge in [0.1, 0.15) is 11.9 Å². The molecule has 0 aliphatic carbocycles. The zero-order valence-corrected chi connectivity index (χ0v) is 12.4. The average molecular weight is 298 g/mol. The van der Waals surface area contributed by atoms with Gasteiger partial charge in [-0.25, -0.2) is 0 Å². The molecule has 116 valence electrons. The molecule has 2 unspecified atom stereocenters. The van der Waals surface area contributed by atoms with Crippen LogP contribution in [0.1, 0.15) is 38.9 Å². The van der Waals surface area contributed by atoms with Crippen molar-refractivity contribution in [2.45, 2.75) is 45.5 Å². The molecule has 2 rings (SSSR count). The van der Waals surface area contributed by atoms with Gasteiger partial charge in [-0.15, -0.1) is 0 Å².